The molecule has 0 amide bonds. The molecule has 1 aromatic heterocycles. The highest BCUT2D eigenvalue weighted by Crippen LogP contribution is 2.24. The van der Waals surface area contributed by atoms with Gasteiger partial charge in [0, 0.05) is 18.6 Å². The Morgan fingerprint density at radius 2 is 1.94 bits per heavy atom. The van der Waals surface area contributed by atoms with Gasteiger partial charge in [-0.15, -0.1) is 11.8 Å². The minimum atomic E-state index is 0.178. The number of aliphatic hydroxyl groups is 1. The largest absolute Gasteiger partial charge is 0.396 e. The summed E-state index contributed by atoms with van der Waals surface area (Å²) < 4.78 is 0. The highest BCUT2D eigenvalue weighted by molar-refractivity contribution is 7.98. The maximum atomic E-state index is 8.90. The van der Waals surface area contributed by atoms with E-state index < -0.39 is 0 Å². The monoisotopic (exact) mass is 259 g/mol. The van der Waals surface area contributed by atoms with E-state index in [9.17, 15) is 0 Å². The van der Waals surface area contributed by atoms with Crippen molar-refractivity contribution >= 4 is 11.8 Å². The van der Waals surface area contributed by atoms with Crippen molar-refractivity contribution in [2.24, 2.45) is 0 Å². The van der Waals surface area contributed by atoms with Gasteiger partial charge >= 0.3 is 0 Å². The first-order chi connectivity index (χ1) is 8.79. The number of hydrogen-bond acceptors (Lipinski definition) is 3. The average Bonchev–Trinajstić information content (AvgIpc) is 2.39. The van der Waals surface area contributed by atoms with Crippen LogP contribution in [-0.4, -0.2) is 16.7 Å². The third-order valence-corrected chi connectivity index (χ3v) is 3.88. The molecule has 0 unspecified atom stereocenters. The van der Waals surface area contributed by atoms with E-state index in [1.54, 1.807) is 11.8 Å². The number of aryl methyl sites for hydroxylation is 1. The lowest BCUT2D eigenvalue weighted by molar-refractivity contribution is 0.299. The molecule has 0 aliphatic rings. The van der Waals surface area contributed by atoms with Gasteiger partial charge in [-0.1, -0.05) is 36.4 Å². The smallest absolute Gasteiger partial charge is 0.0992 e. The summed E-state index contributed by atoms with van der Waals surface area (Å²) in [6.45, 7) is 2.25. The molecule has 0 radical (unpaired) electrons. The molecule has 0 saturated heterocycles. The van der Waals surface area contributed by atoms with E-state index in [4.69, 9.17) is 5.11 Å². The van der Waals surface area contributed by atoms with Gasteiger partial charge in [-0.3, -0.25) is 0 Å². The zero-order chi connectivity index (χ0) is 12.8. The molecule has 0 aliphatic carbocycles. The molecule has 1 heterocycles. The second-order valence-electron chi connectivity index (χ2n) is 4.21. The van der Waals surface area contributed by atoms with Crippen molar-refractivity contribution in [2.45, 2.75) is 24.1 Å². The Labute approximate surface area is 112 Å². The van der Waals surface area contributed by atoms with Gasteiger partial charge in [0.2, 0.25) is 0 Å². The molecule has 1 N–H and O–H groups in total. The average molecular weight is 259 g/mol. The van der Waals surface area contributed by atoms with Crippen molar-refractivity contribution in [3.8, 4) is 0 Å². The van der Waals surface area contributed by atoms with Crippen LogP contribution >= 0.6 is 11.8 Å². The second kappa shape index (κ2) is 6.57. The zero-order valence-electron chi connectivity index (χ0n) is 10.5. The molecule has 0 atom stereocenters. The molecule has 18 heavy (non-hydrogen) atoms. The first-order valence-electron chi connectivity index (χ1n) is 6.02. The summed E-state index contributed by atoms with van der Waals surface area (Å²) in [6.07, 6.45) is 2.54. The van der Waals surface area contributed by atoms with E-state index in [0.29, 0.717) is 6.42 Å². The number of benzene rings is 1. The molecule has 0 bridgehead atoms. The van der Waals surface area contributed by atoms with E-state index in [1.165, 1.54) is 11.1 Å². The Kier molecular flexibility index (Phi) is 4.79. The van der Waals surface area contributed by atoms with Gasteiger partial charge in [-0.25, -0.2) is 4.98 Å². The zero-order valence-corrected chi connectivity index (χ0v) is 11.3. The minimum absolute atomic E-state index is 0.178. The topological polar surface area (TPSA) is 33.1 Å². The molecular formula is C15H17NOS. The number of nitrogens with zero attached hydrogens (tertiary/aromatic N) is 1. The second-order valence-corrected chi connectivity index (χ2v) is 5.18. The number of thioether (sulfide) groups is 1. The Bertz CT molecular complexity index is 499. The van der Waals surface area contributed by atoms with Crippen molar-refractivity contribution in [3.63, 3.8) is 0 Å². The maximum absolute atomic E-state index is 8.90. The summed E-state index contributed by atoms with van der Waals surface area (Å²) in [5.74, 6) is 0.939. The van der Waals surface area contributed by atoms with Crippen LogP contribution in [0.1, 0.15) is 16.7 Å². The molecule has 0 spiro atoms. The van der Waals surface area contributed by atoms with Crippen LogP contribution in [0, 0.1) is 6.92 Å². The van der Waals surface area contributed by atoms with Gasteiger partial charge in [-0.05, 0) is 30.0 Å². The molecule has 3 heteroatoms. The summed E-state index contributed by atoms with van der Waals surface area (Å²) in [5.41, 5.74) is 3.59. The van der Waals surface area contributed by atoms with E-state index in [2.05, 4.69) is 42.2 Å². The molecule has 2 aromatic rings. The summed E-state index contributed by atoms with van der Waals surface area (Å²) in [7, 11) is 0. The van der Waals surface area contributed by atoms with Gasteiger partial charge < -0.3 is 5.11 Å². The van der Waals surface area contributed by atoms with Crippen LogP contribution < -0.4 is 0 Å². The van der Waals surface area contributed by atoms with E-state index in [0.717, 1.165) is 16.3 Å². The number of aliphatic hydroxyl groups excluding tert-OH is 1. The van der Waals surface area contributed by atoms with Gasteiger partial charge in [0.05, 0.1) is 5.03 Å². The summed E-state index contributed by atoms with van der Waals surface area (Å²) in [6, 6.07) is 12.5. The number of aromatic nitrogens is 1. The minimum Gasteiger partial charge on any atom is -0.396 e. The molecular weight excluding hydrogens is 242 g/mol. The molecule has 0 aliphatic heterocycles. The lowest BCUT2D eigenvalue weighted by Gasteiger charge is -2.06. The molecule has 1 aromatic carbocycles. The Balaban J connectivity index is 2.01. The molecule has 0 fully saturated rings. The van der Waals surface area contributed by atoms with Crippen LogP contribution in [0.5, 0.6) is 0 Å². The Morgan fingerprint density at radius 1 is 1.17 bits per heavy atom. The number of rotatable bonds is 5. The van der Waals surface area contributed by atoms with Crippen LogP contribution in [0.25, 0.3) is 0 Å². The van der Waals surface area contributed by atoms with Crippen LogP contribution in [0.15, 0.2) is 47.6 Å². The molecule has 94 valence electrons. The van der Waals surface area contributed by atoms with E-state index in [1.807, 2.05) is 12.3 Å². The van der Waals surface area contributed by atoms with Crippen LogP contribution in [0.2, 0.25) is 0 Å². The summed E-state index contributed by atoms with van der Waals surface area (Å²) in [4.78, 5) is 4.46. The highest BCUT2D eigenvalue weighted by atomic mass is 32.2. The van der Waals surface area contributed by atoms with Gasteiger partial charge in [-0.2, -0.15) is 0 Å². The molecule has 0 saturated carbocycles. The predicted octanol–water partition coefficient (Wildman–Crippen LogP) is 3.22. The highest BCUT2D eigenvalue weighted by Gasteiger charge is 2.03. The standard InChI is InChI=1S/C15H17NOS/c1-12-9-14(7-8-17)10-16-15(12)18-11-13-5-3-2-4-6-13/h2-6,9-10,17H,7-8,11H2,1H3. The SMILES string of the molecule is Cc1cc(CCO)cnc1SCc1ccccc1. The predicted molar refractivity (Wildman–Crippen MR) is 75.8 cm³/mol. The van der Waals surface area contributed by atoms with Crippen molar-refractivity contribution in [1.29, 1.82) is 0 Å². The summed E-state index contributed by atoms with van der Waals surface area (Å²) in [5, 5.41) is 9.97. The normalized spacial score (nSPS) is 10.6. The van der Waals surface area contributed by atoms with E-state index >= 15 is 0 Å². The van der Waals surface area contributed by atoms with Crippen LogP contribution in [0.4, 0.5) is 0 Å². The fourth-order valence-electron chi connectivity index (χ4n) is 1.76. The fourth-order valence-corrected chi connectivity index (χ4v) is 2.67. The lowest BCUT2D eigenvalue weighted by Crippen LogP contribution is -1.95. The van der Waals surface area contributed by atoms with Crippen LogP contribution in [0.3, 0.4) is 0 Å². The molecule has 2 rings (SSSR count). The Hall–Kier alpha value is -1.32. The number of pyridine rings is 1. The van der Waals surface area contributed by atoms with Gasteiger partial charge in [0.1, 0.15) is 0 Å². The van der Waals surface area contributed by atoms with Crippen molar-refractivity contribution in [1.82, 2.24) is 4.98 Å². The van der Waals surface area contributed by atoms with E-state index in [-0.39, 0.29) is 6.61 Å². The maximum Gasteiger partial charge on any atom is 0.0992 e. The van der Waals surface area contributed by atoms with Crippen molar-refractivity contribution in [2.75, 3.05) is 6.61 Å². The number of hydrogen-bond donors (Lipinski definition) is 1. The van der Waals surface area contributed by atoms with Crippen LogP contribution in [-0.2, 0) is 12.2 Å². The third kappa shape index (κ3) is 3.59. The third-order valence-electron chi connectivity index (χ3n) is 2.71. The van der Waals surface area contributed by atoms with Gasteiger partial charge in [0.15, 0.2) is 0 Å². The Morgan fingerprint density at radius 3 is 2.61 bits per heavy atom. The summed E-state index contributed by atoms with van der Waals surface area (Å²) >= 11 is 1.75. The quantitative estimate of drug-likeness (QED) is 0.837. The first-order valence-corrected chi connectivity index (χ1v) is 7.01. The first kappa shape index (κ1) is 13.1. The fraction of sp³-hybridized carbons (Fsp3) is 0.267. The molecule has 2 nitrogen and oxygen atoms in total. The van der Waals surface area contributed by atoms with Crippen molar-refractivity contribution in [3.05, 3.63) is 59.3 Å². The van der Waals surface area contributed by atoms with Gasteiger partial charge in [0.25, 0.3) is 0 Å². The van der Waals surface area contributed by atoms with Crippen molar-refractivity contribution < 1.29 is 5.11 Å². The lowest BCUT2D eigenvalue weighted by atomic mass is 10.2.